The lowest BCUT2D eigenvalue weighted by molar-refractivity contribution is 0.415. The van der Waals surface area contributed by atoms with Gasteiger partial charge in [0.1, 0.15) is 17.4 Å². The Morgan fingerprint density at radius 1 is 0.967 bits per heavy atom. The summed E-state index contributed by atoms with van der Waals surface area (Å²) in [5, 5.41) is 9.30. The molecule has 0 N–H and O–H groups in total. The number of benzene rings is 3. The van der Waals surface area contributed by atoms with Crippen LogP contribution >= 0.6 is 11.8 Å². The number of hydrogen-bond donors (Lipinski definition) is 0. The van der Waals surface area contributed by atoms with Gasteiger partial charge in [-0.1, -0.05) is 41.6 Å². The van der Waals surface area contributed by atoms with E-state index in [0.29, 0.717) is 16.7 Å². The molecule has 4 nitrogen and oxygen atoms in total. The molecule has 0 spiro atoms. The zero-order valence-corrected chi connectivity index (χ0v) is 17.3. The molecule has 0 atom stereocenters. The third-order valence-electron chi connectivity index (χ3n) is 4.62. The van der Waals surface area contributed by atoms with Gasteiger partial charge in [0.25, 0.3) is 0 Å². The number of nitrogens with zero attached hydrogens (tertiary/aromatic N) is 3. The lowest BCUT2D eigenvalue weighted by Crippen LogP contribution is -2.00. The average Bonchev–Trinajstić information content (AvgIpc) is 3.19. The molecule has 7 heteroatoms. The summed E-state index contributed by atoms with van der Waals surface area (Å²) in [6.45, 7) is 2.02. The second-order valence-corrected chi connectivity index (χ2v) is 7.68. The lowest BCUT2D eigenvalue weighted by atomic mass is 10.2. The summed E-state index contributed by atoms with van der Waals surface area (Å²) >= 11 is 1.30. The summed E-state index contributed by atoms with van der Waals surface area (Å²) in [6.07, 6.45) is 0. The van der Waals surface area contributed by atoms with Crippen LogP contribution in [0.5, 0.6) is 5.75 Å². The van der Waals surface area contributed by atoms with Crippen molar-refractivity contribution in [1.82, 2.24) is 14.8 Å². The maximum absolute atomic E-state index is 14.1. The van der Waals surface area contributed by atoms with Crippen LogP contribution in [-0.4, -0.2) is 21.9 Å². The lowest BCUT2D eigenvalue weighted by Gasteiger charge is -2.11. The first-order chi connectivity index (χ1) is 14.5. The number of rotatable bonds is 6. The van der Waals surface area contributed by atoms with Crippen molar-refractivity contribution in [3.63, 3.8) is 0 Å². The number of aryl methyl sites for hydroxylation is 1. The molecule has 0 saturated heterocycles. The Labute approximate surface area is 177 Å². The van der Waals surface area contributed by atoms with Crippen molar-refractivity contribution in [3.8, 4) is 22.8 Å². The van der Waals surface area contributed by atoms with Crippen molar-refractivity contribution in [2.45, 2.75) is 17.8 Å². The topological polar surface area (TPSA) is 39.9 Å². The molecule has 0 aliphatic heterocycles. The molecule has 1 heterocycles. The Hall–Kier alpha value is -3.19. The summed E-state index contributed by atoms with van der Waals surface area (Å²) < 4.78 is 34.8. The Kier molecular flexibility index (Phi) is 5.81. The Morgan fingerprint density at radius 2 is 1.77 bits per heavy atom. The highest BCUT2D eigenvalue weighted by atomic mass is 32.2. The second-order valence-electron chi connectivity index (χ2n) is 6.73. The summed E-state index contributed by atoms with van der Waals surface area (Å²) in [4.78, 5) is 0. The largest absolute Gasteiger partial charge is 0.497 e. The van der Waals surface area contributed by atoms with E-state index in [-0.39, 0.29) is 11.3 Å². The summed E-state index contributed by atoms with van der Waals surface area (Å²) in [5.74, 6) is 0.662. The standard InChI is InChI=1S/C23H19F2N3OS/c1-15-6-9-19(10-7-15)28-22(16-4-3-5-20(13-16)29-2)26-27-23(28)30-14-17-12-18(24)8-11-21(17)25/h3-13H,14H2,1-2H3. The number of hydrogen-bond acceptors (Lipinski definition) is 4. The Morgan fingerprint density at radius 3 is 2.53 bits per heavy atom. The van der Waals surface area contributed by atoms with Gasteiger partial charge in [0.05, 0.1) is 7.11 Å². The van der Waals surface area contributed by atoms with E-state index in [0.717, 1.165) is 28.9 Å². The van der Waals surface area contributed by atoms with E-state index in [1.165, 1.54) is 17.8 Å². The number of thioether (sulfide) groups is 1. The predicted octanol–water partition coefficient (Wildman–Crippen LogP) is 5.82. The summed E-state index contributed by atoms with van der Waals surface area (Å²) in [7, 11) is 1.61. The van der Waals surface area contributed by atoms with E-state index in [1.54, 1.807) is 7.11 Å². The molecule has 0 bridgehead atoms. The fourth-order valence-electron chi connectivity index (χ4n) is 3.04. The first kappa shape index (κ1) is 20.1. The molecule has 0 radical (unpaired) electrons. The van der Waals surface area contributed by atoms with Crippen molar-refractivity contribution in [1.29, 1.82) is 0 Å². The molecule has 152 valence electrons. The monoisotopic (exact) mass is 423 g/mol. The van der Waals surface area contributed by atoms with E-state index in [9.17, 15) is 8.78 Å². The highest BCUT2D eigenvalue weighted by Crippen LogP contribution is 2.31. The second kappa shape index (κ2) is 8.67. The van der Waals surface area contributed by atoms with Gasteiger partial charge in [0.2, 0.25) is 0 Å². The van der Waals surface area contributed by atoms with Gasteiger partial charge in [-0.15, -0.1) is 10.2 Å². The van der Waals surface area contributed by atoms with Crippen LogP contribution in [0.15, 0.2) is 71.9 Å². The van der Waals surface area contributed by atoms with Crippen molar-refractivity contribution >= 4 is 11.8 Å². The molecule has 4 rings (SSSR count). The summed E-state index contributed by atoms with van der Waals surface area (Å²) in [5.41, 5.74) is 3.13. The molecule has 0 unspecified atom stereocenters. The van der Waals surface area contributed by atoms with E-state index < -0.39 is 11.6 Å². The Balaban J connectivity index is 1.75. The molecule has 30 heavy (non-hydrogen) atoms. The fourth-order valence-corrected chi connectivity index (χ4v) is 3.96. The third kappa shape index (κ3) is 4.21. The fraction of sp³-hybridized carbons (Fsp3) is 0.130. The minimum atomic E-state index is -0.468. The van der Waals surface area contributed by atoms with Gasteiger partial charge in [-0.25, -0.2) is 8.78 Å². The molecule has 0 saturated carbocycles. The number of ether oxygens (including phenoxy) is 1. The van der Waals surface area contributed by atoms with Crippen molar-refractivity contribution in [3.05, 3.63) is 89.5 Å². The van der Waals surface area contributed by atoms with Gasteiger partial charge in [-0.05, 0) is 49.4 Å². The van der Waals surface area contributed by atoms with Crippen LogP contribution in [0.4, 0.5) is 8.78 Å². The normalized spacial score (nSPS) is 10.9. The molecule has 0 amide bonds. The van der Waals surface area contributed by atoms with Crippen LogP contribution < -0.4 is 4.74 Å². The molecule has 0 aliphatic rings. The van der Waals surface area contributed by atoms with Gasteiger partial charge in [-0.3, -0.25) is 4.57 Å². The molecule has 0 fully saturated rings. The van der Waals surface area contributed by atoms with Crippen molar-refractivity contribution in [2.24, 2.45) is 0 Å². The maximum atomic E-state index is 14.1. The van der Waals surface area contributed by atoms with Crippen LogP contribution in [0.25, 0.3) is 17.1 Å². The quantitative estimate of drug-likeness (QED) is 0.366. The first-order valence-electron chi connectivity index (χ1n) is 9.29. The van der Waals surface area contributed by atoms with Crippen molar-refractivity contribution < 1.29 is 13.5 Å². The minimum absolute atomic E-state index is 0.228. The van der Waals surface area contributed by atoms with E-state index in [4.69, 9.17) is 4.74 Å². The predicted molar refractivity (Wildman–Crippen MR) is 114 cm³/mol. The van der Waals surface area contributed by atoms with E-state index in [1.807, 2.05) is 60.0 Å². The van der Waals surface area contributed by atoms with Gasteiger partial charge in [0.15, 0.2) is 11.0 Å². The first-order valence-corrected chi connectivity index (χ1v) is 10.3. The molecular formula is C23H19F2N3OS. The molecule has 0 aliphatic carbocycles. The highest BCUT2D eigenvalue weighted by molar-refractivity contribution is 7.98. The van der Waals surface area contributed by atoms with E-state index in [2.05, 4.69) is 10.2 Å². The van der Waals surface area contributed by atoms with Crippen LogP contribution in [0.3, 0.4) is 0 Å². The van der Waals surface area contributed by atoms with Crippen molar-refractivity contribution in [2.75, 3.05) is 7.11 Å². The van der Waals surface area contributed by atoms with E-state index >= 15 is 0 Å². The molecule has 3 aromatic carbocycles. The Bertz CT molecular complexity index is 1180. The smallest absolute Gasteiger partial charge is 0.196 e. The zero-order valence-electron chi connectivity index (χ0n) is 16.5. The molecular weight excluding hydrogens is 404 g/mol. The van der Waals surface area contributed by atoms with Crippen LogP contribution in [0, 0.1) is 18.6 Å². The minimum Gasteiger partial charge on any atom is -0.497 e. The number of aromatic nitrogens is 3. The summed E-state index contributed by atoms with van der Waals surface area (Å²) in [6, 6.07) is 19.0. The molecule has 4 aromatic rings. The van der Waals surface area contributed by atoms with Gasteiger partial charge in [-0.2, -0.15) is 0 Å². The SMILES string of the molecule is COc1cccc(-c2nnc(SCc3cc(F)ccc3F)n2-c2ccc(C)cc2)c1. The number of methoxy groups -OCH3 is 1. The molecule has 1 aromatic heterocycles. The highest BCUT2D eigenvalue weighted by Gasteiger charge is 2.17. The third-order valence-corrected chi connectivity index (χ3v) is 5.60. The van der Waals surface area contributed by atoms with Gasteiger partial charge < -0.3 is 4.74 Å². The van der Waals surface area contributed by atoms with Gasteiger partial charge in [0, 0.05) is 22.6 Å². The van der Waals surface area contributed by atoms with Crippen LogP contribution in [0.2, 0.25) is 0 Å². The maximum Gasteiger partial charge on any atom is 0.196 e. The van der Waals surface area contributed by atoms with Crippen LogP contribution in [0.1, 0.15) is 11.1 Å². The van der Waals surface area contributed by atoms with Gasteiger partial charge >= 0.3 is 0 Å². The zero-order chi connectivity index (χ0) is 21.1. The average molecular weight is 423 g/mol. The van der Waals surface area contributed by atoms with Crippen LogP contribution in [-0.2, 0) is 5.75 Å². The number of halogens is 2.